The van der Waals surface area contributed by atoms with Crippen LogP contribution in [0.4, 0.5) is 0 Å². The molecule has 2 aromatic rings. The zero-order chi connectivity index (χ0) is 17.2. The molecule has 5 nitrogen and oxygen atoms in total. The van der Waals surface area contributed by atoms with Crippen molar-refractivity contribution >= 4 is 27.5 Å². The van der Waals surface area contributed by atoms with Crippen molar-refractivity contribution < 1.29 is 17.9 Å². The van der Waals surface area contributed by atoms with Gasteiger partial charge in [-0.2, -0.15) is 5.26 Å². The lowest BCUT2D eigenvalue weighted by atomic mass is 10.2. The van der Waals surface area contributed by atoms with Crippen molar-refractivity contribution in [3.05, 3.63) is 58.0 Å². The second-order valence-electron chi connectivity index (χ2n) is 4.98. The highest BCUT2D eigenvalue weighted by Crippen LogP contribution is 2.32. The summed E-state index contributed by atoms with van der Waals surface area (Å²) >= 11 is 5.77. The largest absolute Gasteiger partial charge is 0.486 e. The van der Waals surface area contributed by atoms with Crippen LogP contribution in [0.3, 0.4) is 0 Å². The van der Waals surface area contributed by atoms with Gasteiger partial charge in [-0.25, -0.2) is 8.42 Å². The molecule has 0 aliphatic carbocycles. The van der Waals surface area contributed by atoms with E-state index in [9.17, 15) is 13.7 Å². The fourth-order valence-electron chi connectivity index (χ4n) is 2.21. The van der Waals surface area contributed by atoms with Gasteiger partial charge in [-0.1, -0.05) is 17.7 Å². The van der Waals surface area contributed by atoms with E-state index in [-0.39, 0.29) is 9.80 Å². The van der Waals surface area contributed by atoms with Crippen molar-refractivity contribution in [1.29, 1.82) is 5.26 Å². The topological polar surface area (TPSA) is 76.4 Å². The Morgan fingerprint density at radius 3 is 2.42 bits per heavy atom. The van der Waals surface area contributed by atoms with Crippen LogP contribution in [-0.4, -0.2) is 21.6 Å². The van der Waals surface area contributed by atoms with E-state index >= 15 is 0 Å². The Morgan fingerprint density at radius 2 is 1.75 bits per heavy atom. The summed E-state index contributed by atoms with van der Waals surface area (Å²) in [6.07, 6.45) is 1.31. The van der Waals surface area contributed by atoms with Crippen LogP contribution in [0, 0.1) is 11.3 Å². The summed E-state index contributed by atoms with van der Waals surface area (Å²) < 4.78 is 36.0. The van der Waals surface area contributed by atoms with Crippen LogP contribution in [0.15, 0.2) is 52.3 Å². The van der Waals surface area contributed by atoms with E-state index in [0.717, 1.165) is 0 Å². The number of hydrogen-bond acceptors (Lipinski definition) is 5. The maximum Gasteiger partial charge on any atom is 0.216 e. The lowest BCUT2D eigenvalue weighted by Crippen LogP contribution is -2.15. The first-order valence-electron chi connectivity index (χ1n) is 7.03. The summed E-state index contributed by atoms with van der Waals surface area (Å²) in [5.41, 5.74) is 0.535. The van der Waals surface area contributed by atoms with E-state index in [1.807, 2.05) is 0 Å². The van der Waals surface area contributed by atoms with Gasteiger partial charge in [0, 0.05) is 5.02 Å². The standard InChI is InChI=1S/C17H12ClNO4S/c18-13-2-4-14(5-3-13)24(20,21)15(11-19)9-12-1-6-16-17(10-12)23-8-7-22-16/h1-6,9-10H,7-8H2. The number of rotatable bonds is 3. The number of fused-ring (bicyclic) bond motifs is 1. The van der Waals surface area contributed by atoms with Crippen LogP contribution in [0.25, 0.3) is 6.08 Å². The number of halogens is 1. The predicted molar refractivity (Wildman–Crippen MR) is 89.7 cm³/mol. The molecule has 24 heavy (non-hydrogen) atoms. The molecule has 0 atom stereocenters. The summed E-state index contributed by atoms with van der Waals surface area (Å²) in [7, 11) is -3.92. The molecule has 0 radical (unpaired) electrons. The first-order chi connectivity index (χ1) is 11.5. The molecule has 0 fully saturated rings. The highest BCUT2D eigenvalue weighted by molar-refractivity contribution is 7.95. The Labute approximate surface area is 144 Å². The zero-order valence-corrected chi connectivity index (χ0v) is 14.0. The van der Waals surface area contributed by atoms with Crippen molar-refractivity contribution in [1.82, 2.24) is 0 Å². The van der Waals surface area contributed by atoms with Crippen molar-refractivity contribution in [3.63, 3.8) is 0 Å². The van der Waals surface area contributed by atoms with Crippen molar-refractivity contribution in [2.75, 3.05) is 13.2 Å². The van der Waals surface area contributed by atoms with Crippen LogP contribution in [0.5, 0.6) is 11.5 Å². The molecule has 0 saturated carbocycles. The number of benzene rings is 2. The second-order valence-corrected chi connectivity index (χ2v) is 7.34. The molecule has 7 heteroatoms. The lowest BCUT2D eigenvalue weighted by Gasteiger charge is -2.18. The smallest absolute Gasteiger partial charge is 0.216 e. The fraction of sp³-hybridized carbons (Fsp3) is 0.118. The highest BCUT2D eigenvalue weighted by atomic mass is 35.5. The quantitative estimate of drug-likeness (QED) is 0.782. The molecule has 3 rings (SSSR count). The maximum absolute atomic E-state index is 12.6. The molecule has 0 unspecified atom stereocenters. The van der Waals surface area contributed by atoms with Gasteiger partial charge in [-0.3, -0.25) is 0 Å². The average Bonchev–Trinajstić information content (AvgIpc) is 2.59. The molecule has 1 heterocycles. The molecule has 2 aromatic carbocycles. The zero-order valence-electron chi connectivity index (χ0n) is 12.4. The molecule has 0 aromatic heterocycles. The predicted octanol–water partition coefficient (Wildman–Crippen LogP) is 3.45. The van der Waals surface area contributed by atoms with Gasteiger partial charge < -0.3 is 9.47 Å². The van der Waals surface area contributed by atoms with Crippen LogP contribution < -0.4 is 9.47 Å². The Kier molecular flexibility index (Phi) is 4.47. The Morgan fingerprint density at radius 1 is 1.08 bits per heavy atom. The lowest BCUT2D eigenvalue weighted by molar-refractivity contribution is 0.171. The third-order valence-electron chi connectivity index (χ3n) is 3.39. The van der Waals surface area contributed by atoms with Gasteiger partial charge in [0.25, 0.3) is 0 Å². The number of nitrogens with zero attached hydrogens (tertiary/aromatic N) is 1. The van der Waals surface area contributed by atoms with E-state index < -0.39 is 9.84 Å². The summed E-state index contributed by atoms with van der Waals surface area (Å²) in [6.45, 7) is 0.894. The Hall–Kier alpha value is -2.49. The van der Waals surface area contributed by atoms with Gasteiger partial charge in [0.05, 0.1) is 4.90 Å². The SMILES string of the molecule is N#CC(=Cc1ccc2c(c1)OCCO2)S(=O)(=O)c1ccc(Cl)cc1. The van der Waals surface area contributed by atoms with Crippen molar-refractivity contribution in [3.8, 4) is 17.6 Å². The van der Waals surface area contributed by atoms with Gasteiger partial charge in [-0.05, 0) is 48.0 Å². The Bertz CT molecular complexity index is 944. The minimum absolute atomic E-state index is 0.0113. The van der Waals surface area contributed by atoms with Crippen LogP contribution in [-0.2, 0) is 9.84 Å². The first kappa shape index (κ1) is 16.4. The van der Waals surface area contributed by atoms with E-state index in [0.29, 0.717) is 35.3 Å². The second kappa shape index (κ2) is 6.56. The average molecular weight is 362 g/mol. The molecule has 0 N–H and O–H groups in total. The fourth-order valence-corrected chi connectivity index (χ4v) is 3.50. The molecule has 0 amide bonds. The maximum atomic E-state index is 12.6. The van der Waals surface area contributed by atoms with Gasteiger partial charge in [-0.15, -0.1) is 0 Å². The third-order valence-corrected chi connectivity index (χ3v) is 5.32. The minimum atomic E-state index is -3.92. The first-order valence-corrected chi connectivity index (χ1v) is 8.89. The summed E-state index contributed by atoms with van der Waals surface area (Å²) in [5, 5.41) is 9.72. The monoisotopic (exact) mass is 361 g/mol. The van der Waals surface area contributed by atoms with E-state index in [1.165, 1.54) is 30.3 Å². The molecule has 0 saturated heterocycles. The third kappa shape index (κ3) is 3.23. The molecule has 1 aliphatic rings. The van der Waals surface area contributed by atoms with Gasteiger partial charge >= 0.3 is 0 Å². The van der Waals surface area contributed by atoms with E-state index in [2.05, 4.69) is 0 Å². The number of ether oxygens (including phenoxy) is 2. The van der Waals surface area contributed by atoms with Crippen LogP contribution in [0.2, 0.25) is 5.02 Å². The molecular weight excluding hydrogens is 350 g/mol. The summed E-state index contributed by atoms with van der Waals surface area (Å²) in [5.74, 6) is 1.12. The highest BCUT2D eigenvalue weighted by Gasteiger charge is 2.21. The summed E-state index contributed by atoms with van der Waals surface area (Å²) in [4.78, 5) is -0.348. The number of hydrogen-bond donors (Lipinski definition) is 0. The minimum Gasteiger partial charge on any atom is -0.486 e. The molecular formula is C17H12ClNO4S. The van der Waals surface area contributed by atoms with Gasteiger partial charge in [0.1, 0.15) is 24.2 Å². The van der Waals surface area contributed by atoms with E-state index in [4.69, 9.17) is 21.1 Å². The Balaban J connectivity index is 2.00. The number of allylic oxidation sites excluding steroid dienone is 1. The van der Waals surface area contributed by atoms with Gasteiger partial charge in [0.2, 0.25) is 9.84 Å². The number of nitriles is 1. The molecule has 1 aliphatic heterocycles. The number of sulfone groups is 1. The van der Waals surface area contributed by atoms with Crippen LogP contribution >= 0.6 is 11.6 Å². The molecule has 0 spiro atoms. The normalized spacial score (nSPS) is 14.1. The summed E-state index contributed by atoms with van der Waals surface area (Å²) in [6, 6.07) is 12.4. The van der Waals surface area contributed by atoms with E-state index in [1.54, 1.807) is 24.3 Å². The van der Waals surface area contributed by atoms with Crippen LogP contribution in [0.1, 0.15) is 5.56 Å². The molecule has 122 valence electrons. The molecule has 0 bridgehead atoms. The van der Waals surface area contributed by atoms with Gasteiger partial charge in [0.15, 0.2) is 11.5 Å². The van der Waals surface area contributed by atoms with Crippen molar-refractivity contribution in [2.45, 2.75) is 4.90 Å². The van der Waals surface area contributed by atoms with Crippen molar-refractivity contribution in [2.24, 2.45) is 0 Å².